The van der Waals surface area contributed by atoms with Crippen molar-refractivity contribution < 1.29 is 0 Å². The molecule has 1 heterocycles. The Morgan fingerprint density at radius 2 is 2.36 bits per heavy atom. The zero-order chi connectivity index (χ0) is 9.97. The molecule has 3 heteroatoms. The van der Waals surface area contributed by atoms with Gasteiger partial charge in [0.25, 0.3) is 0 Å². The van der Waals surface area contributed by atoms with Crippen molar-refractivity contribution in [3.8, 4) is 0 Å². The molecule has 0 aromatic carbocycles. The van der Waals surface area contributed by atoms with Gasteiger partial charge in [0.1, 0.15) is 5.82 Å². The van der Waals surface area contributed by atoms with E-state index in [1.807, 2.05) is 12.1 Å². The first-order valence-electron chi connectivity index (χ1n) is 5.14. The van der Waals surface area contributed by atoms with E-state index in [1.54, 1.807) is 6.20 Å². The van der Waals surface area contributed by atoms with Crippen LogP contribution in [0.1, 0.15) is 26.2 Å². The number of nitrogens with one attached hydrogen (secondary N) is 1. The Morgan fingerprint density at radius 1 is 1.57 bits per heavy atom. The highest BCUT2D eigenvalue weighted by Gasteiger charge is 2.24. The summed E-state index contributed by atoms with van der Waals surface area (Å²) < 4.78 is 0. The average molecular weight is 211 g/mol. The largest absolute Gasteiger partial charge is 0.366 e. The molecule has 1 aromatic rings. The molecule has 0 radical (unpaired) electrons. The summed E-state index contributed by atoms with van der Waals surface area (Å²) >= 11 is 6.01. The van der Waals surface area contributed by atoms with Crippen molar-refractivity contribution in [2.24, 2.45) is 5.92 Å². The molecule has 14 heavy (non-hydrogen) atoms. The summed E-state index contributed by atoms with van der Waals surface area (Å²) in [4.78, 5) is 4.22. The molecule has 1 aliphatic rings. The second-order valence-electron chi connectivity index (χ2n) is 3.96. The lowest BCUT2D eigenvalue weighted by Crippen LogP contribution is -2.31. The summed E-state index contributed by atoms with van der Waals surface area (Å²) in [6, 6.07) is 4.20. The molecule has 0 bridgehead atoms. The zero-order valence-electron chi connectivity index (χ0n) is 8.33. The van der Waals surface area contributed by atoms with Gasteiger partial charge in [-0.3, -0.25) is 0 Å². The second-order valence-corrected chi connectivity index (χ2v) is 4.37. The molecule has 1 fully saturated rings. The highest BCUT2D eigenvalue weighted by molar-refractivity contribution is 6.32. The van der Waals surface area contributed by atoms with Gasteiger partial charge in [0.2, 0.25) is 0 Å². The maximum atomic E-state index is 6.01. The summed E-state index contributed by atoms with van der Waals surface area (Å²) in [5, 5.41) is 4.08. The summed E-state index contributed by atoms with van der Waals surface area (Å²) in [7, 11) is 0. The number of anilines is 1. The van der Waals surface area contributed by atoms with Crippen molar-refractivity contribution in [1.82, 2.24) is 4.98 Å². The first-order valence-corrected chi connectivity index (χ1v) is 5.52. The number of nitrogens with zero attached hydrogens (tertiary/aromatic N) is 1. The van der Waals surface area contributed by atoms with Crippen LogP contribution in [0.3, 0.4) is 0 Å². The fourth-order valence-corrected chi connectivity index (χ4v) is 1.94. The topological polar surface area (TPSA) is 24.9 Å². The van der Waals surface area contributed by atoms with Gasteiger partial charge in [-0.05, 0) is 37.8 Å². The van der Waals surface area contributed by atoms with E-state index >= 15 is 0 Å². The molecule has 2 rings (SSSR count). The van der Waals surface area contributed by atoms with E-state index in [-0.39, 0.29) is 0 Å². The number of halogens is 1. The number of rotatable bonds is 3. The molecule has 0 saturated heterocycles. The lowest BCUT2D eigenvalue weighted by Gasteiger charge is -2.32. The maximum absolute atomic E-state index is 6.01. The highest BCUT2D eigenvalue weighted by atomic mass is 35.5. The van der Waals surface area contributed by atoms with E-state index in [9.17, 15) is 0 Å². The smallest absolute Gasteiger partial charge is 0.144 e. The fraction of sp³-hybridized carbons (Fsp3) is 0.545. The van der Waals surface area contributed by atoms with Gasteiger partial charge in [-0.15, -0.1) is 0 Å². The van der Waals surface area contributed by atoms with Gasteiger partial charge in [0, 0.05) is 12.2 Å². The van der Waals surface area contributed by atoms with Crippen LogP contribution in [0.4, 0.5) is 5.82 Å². The van der Waals surface area contributed by atoms with E-state index in [4.69, 9.17) is 11.6 Å². The van der Waals surface area contributed by atoms with Gasteiger partial charge >= 0.3 is 0 Å². The predicted octanol–water partition coefficient (Wildman–Crippen LogP) is 3.34. The lowest BCUT2D eigenvalue weighted by molar-refractivity contribution is 0.285. The summed E-state index contributed by atoms with van der Waals surface area (Å²) in [6.07, 6.45) is 5.80. The normalized spacial score (nSPS) is 18.7. The quantitative estimate of drug-likeness (QED) is 0.828. The fourth-order valence-electron chi connectivity index (χ4n) is 1.77. The van der Waals surface area contributed by atoms with Crippen LogP contribution in [0, 0.1) is 5.92 Å². The molecular weight excluding hydrogens is 196 g/mol. The van der Waals surface area contributed by atoms with Crippen molar-refractivity contribution in [1.29, 1.82) is 0 Å². The average Bonchev–Trinajstić information content (AvgIpc) is 2.05. The molecule has 1 aromatic heterocycles. The van der Waals surface area contributed by atoms with Crippen LogP contribution < -0.4 is 5.32 Å². The third-order valence-corrected chi connectivity index (χ3v) is 3.28. The third-order valence-electron chi connectivity index (χ3n) is 2.98. The Balaban J connectivity index is 1.99. The minimum atomic E-state index is 0.483. The SMILES string of the molecule is C[C@@H](Nc1ncccc1Cl)C1CCC1. The first-order chi connectivity index (χ1) is 6.77. The molecule has 1 saturated carbocycles. The van der Waals surface area contributed by atoms with E-state index in [1.165, 1.54) is 19.3 Å². The Bertz CT molecular complexity index is 310. The van der Waals surface area contributed by atoms with E-state index in [0.29, 0.717) is 11.1 Å². The molecular formula is C11H15ClN2. The van der Waals surface area contributed by atoms with Crippen molar-refractivity contribution in [3.05, 3.63) is 23.4 Å². The molecule has 0 spiro atoms. The highest BCUT2D eigenvalue weighted by Crippen LogP contribution is 2.31. The third kappa shape index (κ3) is 2.01. The minimum absolute atomic E-state index is 0.483. The molecule has 76 valence electrons. The van der Waals surface area contributed by atoms with E-state index < -0.39 is 0 Å². The standard InChI is InChI=1S/C11H15ClN2/c1-8(9-4-2-5-9)14-11-10(12)6-3-7-13-11/h3,6-9H,2,4-5H2,1H3,(H,13,14)/t8-/m1/s1. The van der Waals surface area contributed by atoms with Crippen molar-refractivity contribution >= 4 is 17.4 Å². The Hall–Kier alpha value is -0.760. The Labute approximate surface area is 89.7 Å². The van der Waals surface area contributed by atoms with Crippen LogP contribution in [-0.2, 0) is 0 Å². The molecule has 1 aliphatic carbocycles. The minimum Gasteiger partial charge on any atom is -0.366 e. The van der Waals surface area contributed by atoms with Crippen LogP contribution in [-0.4, -0.2) is 11.0 Å². The first kappa shape index (κ1) is 9.78. The molecule has 0 aliphatic heterocycles. The van der Waals surface area contributed by atoms with Crippen LogP contribution >= 0.6 is 11.6 Å². The van der Waals surface area contributed by atoms with Crippen molar-refractivity contribution in [2.45, 2.75) is 32.2 Å². The summed E-state index contributed by atoms with van der Waals surface area (Å²) in [5.41, 5.74) is 0. The van der Waals surface area contributed by atoms with Gasteiger partial charge in [-0.2, -0.15) is 0 Å². The lowest BCUT2D eigenvalue weighted by atomic mass is 9.80. The summed E-state index contributed by atoms with van der Waals surface area (Å²) in [6.45, 7) is 2.20. The number of hydrogen-bond donors (Lipinski definition) is 1. The van der Waals surface area contributed by atoms with Gasteiger partial charge in [-0.25, -0.2) is 4.98 Å². The van der Waals surface area contributed by atoms with E-state index in [2.05, 4.69) is 17.2 Å². The maximum Gasteiger partial charge on any atom is 0.144 e. The Morgan fingerprint density at radius 3 is 2.93 bits per heavy atom. The summed E-state index contributed by atoms with van der Waals surface area (Å²) in [5.74, 6) is 1.61. The van der Waals surface area contributed by atoms with Gasteiger partial charge in [-0.1, -0.05) is 18.0 Å². The monoisotopic (exact) mass is 210 g/mol. The number of aromatic nitrogens is 1. The van der Waals surface area contributed by atoms with Crippen molar-refractivity contribution in [3.63, 3.8) is 0 Å². The van der Waals surface area contributed by atoms with Gasteiger partial charge in [0.05, 0.1) is 5.02 Å². The van der Waals surface area contributed by atoms with Crippen LogP contribution in [0.15, 0.2) is 18.3 Å². The second kappa shape index (κ2) is 4.18. The molecule has 1 N–H and O–H groups in total. The number of pyridine rings is 1. The Kier molecular flexibility index (Phi) is 2.92. The van der Waals surface area contributed by atoms with Gasteiger partial charge < -0.3 is 5.32 Å². The van der Waals surface area contributed by atoms with E-state index in [0.717, 1.165) is 11.7 Å². The number of hydrogen-bond acceptors (Lipinski definition) is 2. The predicted molar refractivity (Wildman–Crippen MR) is 59.7 cm³/mol. The molecule has 0 unspecified atom stereocenters. The molecule has 0 amide bonds. The van der Waals surface area contributed by atoms with Crippen molar-refractivity contribution in [2.75, 3.05) is 5.32 Å². The molecule has 1 atom stereocenters. The molecule has 2 nitrogen and oxygen atoms in total. The zero-order valence-corrected chi connectivity index (χ0v) is 9.09. The van der Waals surface area contributed by atoms with Gasteiger partial charge in [0.15, 0.2) is 0 Å². The van der Waals surface area contributed by atoms with Crippen LogP contribution in [0.25, 0.3) is 0 Å². The van der Waals surface area contributed by atoms with Crippen LogP contribution in [0.2, 0.25) is 5.02 Å². The van der Waals surface area contributed by atoms with Crippen LogP contribution in [0.5, 0.6) is 0 Å².